The van der Waals surface area contributed by atoms with Gasteiger partial charge in [0.1, 0.15) is 5.75 Å². The first-order valence-corrected chi connectivity index (χ1v) is 7.77. The Morgan fingerprint density at radius 1 is 1.30 bits per heavy atom. The largest absolute Gasteiger partial charge is 0.496 e. The van der Waals surface area contributed by atoms with Crippen molar-refractivity contribution < 1.29 is 9.53 Å². The number of rotatable bonds is 5. The summed E-state index contributed by atoms with van der Waals surface area (Å²) >= 11 is 6.02. The SMILES string of the molecule is COc1ccccc1C(=O)NCC1CCCCC1CCl. The number of nitrogens with one attached hydrogen (secondary N) is 1. The highest BCUT2D eigenvalue weighted by Crippen LogP contribution is 2.30. The van der Waals surface area contributed by atoms with Crippen molar-refractivity contribution in [1.29, 1.82) is 0 Å². The van der Waals surface area contributed by atoms with Gasteiger partial charge in [0.2, 0.25) is 0 Å². The first kappa shape index (κ1) is 15.2. The molecule has 1 amide bonds. The van der Waals surface area contributed by atoms with Crippen LogP contribution in [-0.2, 0) is 0 Å². The van der Waals surface area contributed by atoms with Crippen LogP contribution in [0.4, 0.5) is 0 Å². The molecule has 0 spiro atoms. The zero-order valence-corrected chi connectivity index (χ0v) is 12.7. The molecular formula is C16H22ClNO2. The molecule has 1 fully saturated rings. The van der Waals surface area contributed by atoms with Crippen LogP contribution in [0.25, 0.3) is 0 Å². The molecule has 1 N–H and O–H groups in total. The molecule has 0 saturated heterocycles. The van der Waals surface area contributed by atoms with Crippen LogP contribution >= 0.6 is 11.6 Å². The molecular weight excluding hydrogens is 274 g/mol. The Bertz CT molecular complexity index is 450. The van der Waals surface area contributed by atoms with E-state index in [9.17, 15) is 4.79 Å². The van der Waals surface area contributed by atoms with Crippen LogP contribution in [0, 0.1) is 11.8 Å². The number of carbonyl (C=O) groups is 1. The van der Waals surface area contributed by atoms with Gasteiger partial charge < -0.3 is 10.1 Å². The Hall–Kier alpha value is -1.22. The number of hydrogen-bond donors (Lipinski definition) is 1. The average molecular weight is 296 g/mol. The van der Waals surface area contributed by atoms with E-state index in [0.29, 0.717) is 35.6 Å². The molecule has 1 aliphatic rings. The molecule has 0 radical (unpaired) electrons. The molecule has 3 nitrogen and oxygen atoms in total. The maximum atomic E-state index is 12.2. The van der Waals surface area contributed by atoms with E-state index in [4.69, 9.17) is 16.3 Å². The number of carbonyl (C=O) groups excluding carboxylic acids is 1. The lowest BCUT2D eigenvalue weighted by Gasteiger charge is -2.30. The van der Waals surface area contributed by atoms with Crippen LogP contribution in [0.15, 0.2) is 24.3 Å². The van der Waals surface area contributed by atoms with Gasteiger partial charge in [-0.05, 0) is 36.8 Å². The second-order valence-electron chi connectivity index (χ2n) is 5.37. The first-order valence-electron chi connectivity index (χ1n) is 7.23. The molecule has 1 aromatic rings. The summed E-state index contributed by atoms with van der Waals surface area (Å²) in [5, 5.41) is 3.03. The molecule has 0 aliphatic heterocycles. The van der Waals surface area contributed by atoms with Gasteiger partial charge in [0.25, 0.3) is 5.91 Å². The Morgan fingerprint density at radius 3 is 2.70 bits per heavy atom. The van der Waals surface area contributed by atoms with Gasteiger partial charge in [-0.25, -0.2) is 0 Å². The predicted octanol–water partition coefficient (Wildman–Crippen LogP) is 3.47. The summed E-state index contributed by atoms with van der Waals surface area (Å²) in [5.41, 5.74) is 0.591. The van der Waals surface area contributed by atoms with Crippen LogP contribution in [0.3, 0.4) is 0 Å². The van der Waals surface area contributed by atoms with Crippen LogP contribution < -0.4 is 10.1 Å². The minimum absolute atomic E-state index is 0.0682. The van der Waals surface area contributed by atoms with Crippen molar-refractivity contribution in [2.75, 3.05) is 19.5 Å². The molecule has 110 valence electrons. The molecule has 2 rings (SSSR count). The van der Waals surface area contributed by atoms with Gasteiger partial charge in [-0.1, -0.05) is 25.0 Å². The van der Waals surface area contributed by atoms with Crippen LogP contribution in [0.1, 0.15) is 36.0 Å². The third-order valence-electron chi connectivity index (χ3n) is 4.14. The predicted molar refractivity (Wildman–Crippen MR) is 81.5 cm³/mol. The third-order valence-corrected chi connectivity index (χ3v) is 4.54. The lowest BCUT2D eigenvalue weighted by molar-refractivity contribution is 0.0933. The van der Waals surface area contributed by atoms with E-state index >= 15 is 0 Å². The monoisotopic (exact) mass is 295 g/mol. The van der Waals surface area contributed by atoms with Crippen molar-refractivity contribution in [2.45, 2.75) is 25.7 Å². The molecule has 2 unspecified atom stereocenters. The van der Waals surface area contributed by atoms with E-state index in [1.54, 1.807) is 19.2 Å². The maximum Gasteiger partial charge on any atom is 0.255 e. The number of ether oxygens (including phenoxy) is 1. The molecule has 1 aromatic carbocycles. The van der Waals surface area contributed by atoms with Crippen molar-refractivity contribution in [3.63, 3.8) is 0 Å². The number of methoxy groups -OCH3 is 1. The second-order valence-corrected chi connectivity index (χ2v) is 5.68. The summed E-state index contributed by atoms with van der Waals surface area (Å²) < 4.78 is 5.22. The summed E-state index contributed by atoms with van der Waals surface area (Å²) in [6.45, 7) is 0.703. The van der Waals surface area contributed by atoms with Crippen molar-refractivity contribution in [2.24, 2.45) is 11.8 Å². The van der Waals surface area contributed by atoms with Crippen molar-refractivity contribution >= 4 is 17.5 Å². The lowest BCUT2D eigenvalue weighted by atomic mass is 9.80. The zero-order chi connectivity index (χ0) is 14.4. The summed E-state index contributed by atoms with van der Waals surface area (Å²) in [4.78, 5) is 12.2. The van der Waals surface area contributed by atoms with Crippen molar-refractivity contribution in [3.8, 4) is 5.75 Å². The number of amides is 1. The zero-order valence-electron chi connectivity index (χ0n) is 11.9. The van der Waals surface area contributed by atoms with E-state index in [-0.39, 0.29) is 5.91 Å². The van der Waals surface area contributed by atoms with Gasteiger partial charge in [-0.2, -0.15) is 0 Å². The third kappa shape index (κ3) is 3.66. The van der Waals surface area contributed by atoms with Gasteiger partial charge in [-0.3, -0.25) is 4.79 Å². The van der Waals surface area contributed by atoms with Crippen molar-refractivity contribution in [1.82, 2.24) is 5.32 Å². The fourth-order valence-electron chi connectivity index (χ4n) is 2.91. The molecule has 0 heterocycles. The Kier molecular flexibility index (Phi) is 5.72. The minimum atomic E-state index is -0.0682. The summed E-state index contributed by atoms with van der Waals surface area (Å²) in [6, 6.07) is 7.30. The fourth-order valence-corrected chi connectivity index (χ4v) is 3.31. The topological polar surface area (TPSA) is 38.3 Å². The van der Waals surface area contributed by atoms with Gasteiger partial charge in [0, 0.05) is 12.4 Å². The second kappa shape index (κ2) is 7.53. The van der Waals surface area contributed by atoms with Gasteiger partial charge >= 0.3 is 0 Å². The average Bonchev–Trinajstić information content (AvgIpc) is 2.52. The van der Waals surface area contributed by atoms with Crippen molar-refractivity contribution in [3.05, 3.63) is 29.8 Å². The molecule has 2 atom stereocenters. The van der Waals surface area contributed by atoms with Crippen LogP contribution in [-0.4, -0.2) is 25.4 Å². The van der Waals surface area contributed by atoms with E-state index in [2.05, 4.69) is 5.32 Å². The number of hydrogen-bond acceptors (Lipinski definition) is 2. The molecule has 20 heavy (non-hydrogen) atoms. The van der Waals surface area contributed by atoms with E-state index in [0.717, 1.165) is 6.42 Å². The Morgan fingerprint density at radius 2 is 2.00 bits per heavy atom. The molecule has 1 aliphatic carbocycles. The van der Waals surface area contributed by atoms with Gasteiger partial charge in [0.05, 0.1) is 12.7 Å². The number of para-hydroxylation sites is 1. The number of alkyl halides is 1. The highest BCUT2D eigenvalue weighted by molar-refractivity contribution is 6.18. The van der Waals surface area contributed by atoms with Crippen LogP contribution in [0.2, 0.25) is 0 Å². The summed E-state index contributed by atoms with van der Waals surface area (Å²) in [6.07, 6.45) is 4.83. The van der Waals surface area contributed by atoms with Crippen LogP contribution in [0.5, 0.6) is 5.75 Å². The maximum absolute atomic E-state index is 12.2. The van der Waals surface area contributed by atoms with Gasteiger partial charge in [-0.15, -0.1) is 11.6 Å². The van der Waals surface area contributed by atoms with E-state index in [1.165, 1.54) is 19.3 Å². The minimum Gasteiger partial charge on any atom is -0.496 e. The Labute approximate surface area is 125 Å². The highest BCUT2D eigenvalue weighted by atomic mass is 35.5. The molecule has 0 bridgehead atoms. The molecule has 4 heteroatoms. The number of benzene rings is 1. The standard InChI is InChI=1S/C16H22ClNO2/c1-20-15-9-5-4-8-14(15)16(19)18-11-13-7-3-2-6-12(13)10-17/h4-5,8-9,12-13H,2-3,6-7,10-11H2,1H3,(H,18,19). The van der Waals surface area contributed by atoms with E-state index < -0.39 is 0 Å². The van der Waals surface area contributed by atoms with Gasteiger partial charge in [0.15, 0.2) is 0 Å². The fraction of sp³-hybridized carbons (Fsp3) is 0.562. The normalized spacial score (nSPS) is 22.3. The molecule has 0 aromatic heterocycles. The highest BCUT2D eigenvalue weighted by Gasteiger charge is 2.25. The summed E-state index contributed by atoms with van der Waals surface area (Å²) in [7, 11) is 1.58. The van der Waals surface area contributed by atoms with E-state index in [1.807, 2.05) is 12.1 Å². The lowest BCUT2D eigenvalue weighted by Crippen LogP contribution is -2.35. The molecule has 1 saturated carbocycles. The smallest absolute Gasteiger partial charge is 0.255 e. The quantitative estimate of drug-likeness (QED) is 0.845. The Balaban J connectivity index is 1.94. The number of halogens is 1. The summed E-state index contributed by atoms with van der Waals surface area (Å²) in [5.74, 6) is 2.27. The first-order chi connectivity index (χ1) is 9.76.